The van der Waals surface area contributed by atoms with E-state index in [1.807, 2.05) is 18.2 Å². The largest absolute Gasteiger partial charge is 0.378 e. The van der Waals surface area contributed by atoms with Gasteiger partial charge in [-0.3, -0.25) is 4.79 Å². The van der Waals surface area contributed by atoms with Crippen LogP contribution in [0.15, 0.2) is 18.2 Å². The lowest BCUT2D eigenvalue weighted by Crippen LogP contribution is -2.27. The summed E-state index contributed by atoms with van der Waals surface area (Å²) in [7, 11) is 1.72. The number of aliphatic hydroxyl groups excluding tert-OH is 1. The molecule has 1 aromatic carbocycles. The Morgan fingerprint density at radius 3 is 2.79 bits per heavy atom. The molecule has 4 heteroatoms. The van der Waals surface area contributed by atoms with Crippen molar-refractivity contribution in [2.45, 2.75) is 38.3 Å². The average molecular weight is 260 g/mol. The maximum Gasteiger partial charge on any atom is 0.260 e. The Balaban J connectivity index is 1.95. The first-order chi connectivity index (χ1) is 9.13. The monoisotopic (exact) mass is 260 g/mol. The minimum absolute atomic E-state index is 0.236. The molecule has 1 N–H and O–H groups in total. The third-order valence-corrected chi connectivity index (χ3v) is 4.02. The summed E-state index contributed by atoms with van der Waals surface area (Å²) in [4.78, 5) is 15.8. The fourth-order valence-electron chi connectivity index (χ4n) is 2.82. The van der Waals surface area contributed by atoms with Crippen molar-refractivity contribution in [3.63, 3.8) is 0 Å². The van der Waals surface area contributed by atoms with Gasteiger partial charge in [-0.15, -0.1) is 0 Å². The van der Waals surface area contributed by atoms with Crippen LogP contribution in [0.2, 0.25) is 0 Å². The Morgan fingerprint density at radius 2 is 2.16 bits per heavy atom. The second kappa shape index (κ2) is 4.53. The average Bonchev–Trinajstić information content (AvgIpc) is 3.23. The number of hydrogen-bond acceptors (Lipinski definition) is 3. The van der Waals surface area contributed by atoms with Crippen molar-refractivity contribution in [1.82, 2.24) is 0 Å². The first kappa shape index (κ1) is 12.5. The number of rotatable bonds is 4. The molecule has 0 saturated heterocycles. The summed E-state index contributed by atoms with van der Waals surface area (Å²) in [6.45, 7) is 3.23. The number of likely N-dealkylation sites (N-methyl/N-ethyl adjacent to an activating group) is 1. The molecular formula is C15H20N2O2. The van der Waals surface area contributed by atoms with Crippen LogP contribution in [0.3, 0.4) is 0 Å². The number of aliphatic hydroxyl groups is 1. The third kappa shape index (κ3) is 2.00. The molecule has 0 bridgehead atoms. The van der Waals surface area contributed by atoms with E-state index in [-0.39, 0.29) is 5.91 Å². The van der Waals surface area contributed by atoms with Gasteiger partial charge >= 0.3 is 0 Å². The highest BCUT2D eigenvalue weighted by Gasteiger charge is 2.35. The van der Waals surface area contributed by atoms with Crippen LogP contribution in [-0.4, -0.2) is 30.6 Å². The summed E-state index contributed by atoms with van der Waals surface area (Å²) < 4.78 is 0. The van der Waals surface area contributed by atoms with Crippen LogP contribution in [0.5, 0.6) is 0 Å². The smallest absolute Gasteiger partial charge is 0.260 e. The molecule has 1 aromatic rings. The Bertz CT molecular complexity index is 511. The quantitative estimate of drug-likeness (QED) is 0.901. The van der Waals surface area contributed by atoms with E-state index in [9.17, 15) is 9.90 Å². The zero-order valence-electron chi connectivity index (χ0n) is 11.5. The number of nitrogens with zero attached hydrogens (tertiary/aromatic N) is 2. The van der Waals surface area contributed by atoms with E-state index in [2.05, 4.69) is 11.8 Å². The minimum atomic E-state index is -0.991. The van der Waals surface area contributed by atoms with Crippen LogP contribution in [0.25, 0.3) is 0 Å². The summed E-state index contributed by atoms with van der Waals surface area (Å²) in [6.07, 6.45) is 2.64. The third-order valence-electron chi connectivity index (χ3n) is 4.02. The molecule has 1 fully saturated rings. The van der Waals surface area contributed by atoms with Crippen LogP contribution >= 0.6 is 0 Å². The van der Waals surface area contributed by atoms with Crippen LogP contribution in [-0.2, 0) is 4.79 Å². The number of amides is 1. The molecule has 4 nitrogen and oxygen atoms in total. The van der Waals surface area contributed by atoms with Gasteiger partial charge in [-0.05, 0) is 31.4 Å². The molecule has 1 atom stereocenters. The van der Waals surface area contributed by atoms with E-state index in [0.29, 0.717) is 6.04 Å². The normalized spacial score (nSPS) is 21.7. The number of anilines is 2. The first-order valence-electron chi connectivity index (χ1n) is 6.99. The van der Waals surface area contributed by atoms with Gasteiger partial charge in [0, 0.05) is 30.9 Å². The zero-order chi connectivity index (χ0) is 13.6. The molecule has 3 rings (SSSR count). The predicted octanol–water partition coefficient (Wildman–Crippen LogP) is 2.08. The number of hydrogen-bond donors (Lipinski definition) is 1. The second-order valence-electron chi connectivity index (χ2n) is 5.47. The molecule has 102 valence electrons. The van der Waals surface area contributed by atoms with Crippen LogP contribution in [0.1, 0.15) is 37.9 Å². The molecule has 0 radical (unpaired) electrons. The fourth-order valence-corrected chi connectivity index (χ4v) is 2.82. The first-order valence-corrected chi connectivity index (χ1v) is 6.99. The Kier molecular flexibility index (Phi) is 2.97. The van der Waals surface area contributed by atoms with Crippen molar-refractivity contribution in [2.24, 2.45) is 0 Å². The van der Waals surface area contributed by atoms with Crippen molar-refractivity contribution >= 4 is 17.3 Å². The molecule has 0 aromatic heterocycles. The predicted molar refractivity (Wildman–Crippen MR) is 75.5 cm³/mol. The molecule has 1 unspecified atom stereocenters. The van der Waals surface area contributed by atoms with Gasteiger partial charge < -0.3 is 14.9 Å². The van der Waals surface area contributed by atoms with E-state index in [1.165, 1.54) is 12.8 Å². The number of carbonyl (C=O) groups excluding carboxylic acids is 1. The van der Waals surface area contributed by atoms with Crippen molar-refractivity contribution < 1.29 is 9.90 Å². The van der Waals surface area contributed by atoms with Gasteiger partial charge in [-0.2, -0.15) is 0 Å². The summed E-state index contributed by atoms with van der Waals surface area (Å²) in [5.41, 5.74) is 2.73. The van der Waals surface area contributed by atoms with E-state index in [1.54, 1.807) is 11.9 Å². The van der Waals surface area contributed by atoms with E-state index in [4.69, 9.17) is 0 Å². The van der Waals surface area contributed by atoms with E-state index < -0.39 is 6.10 Å². The summed E-state index contributed by atoms with van der Waals surface area (Å²) in [6, 6.07) is 6.62. The van der Waals surface area contributed by atoms with Gasteiger partial charge in [0.05, 0.1) is 5.69 Å². The minimum Gasteiger partial charge on any atom is -0.378 e. The lowest BCUT2D eigenvalue weighted by molar-refractivity contribution is -0.125. The summed E-state index contributed by atoms with van der Waals surface area (Å²) >= 11 is 0. The molecule has 1 heterocycles. The maximum atomic E-state index is 11.8. The van der Waals surface area contributed by atoms with Crippen molar-refractivity contribution in [1.29, 1.82) is 0 Å². The molecule has 1 aliphatic heterocycles. The van der Waals surface area contributed by atoms with Gasteiger partial charge in [0.15, 0.2) is 6.10 Å². The van der Waals surface area contributed by atoms with E-state index >= 15 is 0 Å². The van der Waals surface area contributed by atoms with Gasteiger partial charge in [0.25, 0.3) is 5.91 Å². The van der Waals surface area contributed by atoms with Gasteiger partial charge in [0.2, 0.25) is 0 Å². The number of benzene rings is 1. The van der Waals surface area contributed by atoms with Crippen molar-refractivity contribution in [3.05, 3.63) is 23.8 Å². The van der Waals surface area contributed by atoms with Crippen molar-refractivity contribution in [2.75, 3.05) is 23.4 Å². The van der Waals surface area contributed by atoms with Gasteiger partial charge in [0.1, 0.15) is 0 Å². The van der Waals surface area contributed by atoms with Crippen LogP contribution in [0, 0.1) is 0 Å². The highest BCUT2D eigenvalue weighted by atomic mass is 16.3. The molecule has 19 heavy (non-hydrogen) atoms. The lowest BCUT2D eigenvalue weighted by Gasteiger charge is -2.25. The highest BCUT2D eigenvalue weighted by Crippen LogP contribution is 2.39. The molecule has 1 saturated carbocycles. The zero-order valence-corrected chi connectivity index (χ0v) is 11.5. The number of fused-ring (bicyclic) bond motifs is 1. The molecule has 0 spiro atoms. The van der Waals surface area contributed by atoms with Crippen LogP contribution < -0.4 is 9.80 Å². The van der Waals surface area contributed by atoms with Crippen molar-refractivity contribution in [3.8, 4) is 0 Å². The number of carbonyl (C=O) groups is 1. The standard InChI is InChI=1S/C15H20N2O2/c1-3-8-17(10-4-5-10)11-6-7-12-13(9-11)16(2)15(19)14(12)18/h6-7,9-10,14,18H,3-5,8H2,1-2H3. The Morgan fingerprint density at radius 1 is 1.42 bits per heavy atom. The summed E-state index contributed by atoms with van der Waals surface area (Å²) in [5.74, 6) is -0.236. The Hall–Kier alpha value is -1.55. The Labute approximate surface area is 113 Å². The van der Waals surface area contributed by atoms with E-state index in [0.717, 1.165) is 29.9 Å². The van der Waals surface area contributed by atoms with Gasteiger partial charge in [-0.25, -0.2) is 0 Å². The topological polar surface area (TPSA) is 43.8 Å². The van der Waals surface area contributed by atoms with Crippen LogP contribution in [0.4, 0.5) is 11.4 Å². The maximum absolute atomic E-state index is 11.8. The molecule has 1 aliphatic carbocycles. The highest BCUT2D eigenvalue weighted by molar-refractivity contribution is 6.03. The SMILES string of the molecule is CCCN(c1ccc2c(c1)N(C)C(=O)C2O)C1CC1. The summed E-state index contributed by atoms with van der Waals surface area (Å²) in [5, 5.41) is 9.87. The van der Waals surface area contributed by atoms with Gasteiger partial charge in [-0.1, -0.05) is 13.0 Å². The lowest BCUT2D eigenvalue weighted by atomic mass is 10.1. The fraction of sp³-hybridized carbons (Fsp3) is 0.533. The molecule has 2 aliphatic rings. The molecule has 1 amide bonds. The molecular weight excluding hydrogens is 240 g/mol. The second-order valence-corrected chi connectivity index (χ2v) is 5.47.